The maximum Gasteiger partial charge on any atom is 0.231 e. The number of hydrogen-bond donors (Lipinski definition) is 1. The van der Waals surface area contributed by atoms with Crippen molar-refractivity contribution in [3.63, 3.8) is 0 Å². The van der Waals surface area contributed by atoms with Gasteiger partial charge in [0.2, 0.25) is 11.8 Å². The van der Waals surface area contributed by atoms with Gasteiger partial charge >= 0.3 is 0 Å². The van der Waals surface area contributed by atoms with E-state index in [1.165, 1.54) is 0 Å². The van der Waals surface area contributed by atoms with Crippen molar-refractivity contribution >= 4 is 23.3 Å². The van der Waals surface area contributed by atoms with Crippen LogP contribution in [0.2, 0.25) is 5.02 Å². The zero-order chi connectivity index (χ0) is 20.2. The summed E-state index contributed by atoms with van der Waals surface area (Å²) in [6.45, 7) is 2.32. The van der Waals surface area contributed by atoms with Crippen LogP contribution in [0.1, 0.15) is 17.0 Å². The molecule has 4 aromatic rings. The summed E-state index contributed by atoms with van der Waals surface area (Å²) in [6, 6.07) is 18.9. The number of benzene rings is 2. The molecule has 2 aromatic heterocycles. The number of nitrogens with zero attached hydrogens (tertiary/aromatic N) is 3. The molecule has 2 aromatic carbocycles. The standard InChI is InChI=1S/C22H19ClN4O2/c1-15-19(25-22(29-15)17-7-3-2-4-8-17)13-21(28)26-20-10-11-24-27(20)14-16-6-5-9-18(23)12-16/h2-12H,13-14H2,1H3,(H,26,28). The summed E-state index contributed by atoms with van der Waals surface area (Å²) in [5.41, 5.74) is 2.49. The van der Waals surface area contributed by atoms with E-state index < -0.39 is 0 Å². The minimum atomic E-state index is -0.186. The molecule has 0 fully saturated rings. The smallest absolute Gasteiger partial charge is 0.231 e. The van der Waals surface area contributed by atoms with Crippen LogP contribution in [0.25, 0.3) is 11.5 Å². The normalized spacial score (nSPS) is 10.8. The molecule has 0 spiro atoms. The number of nitrogens with one attached hydrogen (secondary N) is 1. The summed E-state index contributed by atoms with van der Waals surface area (Å²) in [6.07, 6.45) is 1.76. The third kappa shape index (κ3) is 4.55. The van der Waals surface area contributed by atoms with Crippen molar-refractivity contribution < 1.29 is 9.21 Å². The number of carbonyl (C=O) groups excluding carboxylic acids is 1. The number of aromatic nitrogens is 3. The number of oxazole rings is 1. The summed E-state index contributed by atoms with van der Waals surface area (Å²) in [5, 5.41) is 7.85. The van der Waals surface area contributed by atoms with E-state index >= 15 is 0 Å². The molecule has 146 valence electrons. The van der Waals surface area contributed by atoms with Crippen molar-refractivity contribution in [2.75, 3.05) is 5.32 Å². The highest BCUT2D eigenvalue weighted by atomic mass is 35.5. The fourth-order valence-corrected chi connectivity index (χ4v) is 3.22. The van der Waals surface area contributed by atoms with E-state index in [1.54, 1.807) is 16.9 Å². The van der Waals surface area contributed by atoms with Gasteiger partial charge in [-0.05, 0) is 36.8 Å². The zero-order valence-corrected chi connectivity index (χ0v) is 16.6. The Morgan fingerprint density at radius 3 is 2.76 bits per heavy atom. The predicted molar refractivity (Wildman–Crippen MR) is 112 cm³/mol. The lowest BCUT2D eigenvalue weighted by atomic mass is 10.2. The molecular formula is C22H19ClN4O2. The minimum absolute atomic E-state index is 0.116. The van der Waals surface area contributed by atoms with Crippen LogP contribution in [0.15, 0.2) is 71.3 Å². The Hall–Kier alpha value is -3.38. The van der Waals surface area contributed by atoms with Gasteiger partial charge < -0.3 is 9.73 Å². The summed E-state index contributed by atoms with van der Waals surface area (Å²) in [7, 11) is 0. The molecule has 1 N–H and O–H groups in total. The van der Waals surface area contributed by atoms with Crippen LogP contribution >= 0.6 is 11.6 Å². The molecule has 0 unspecified atom stereocenters. The number of carbonyl (C=O) groups is 1. The van der Waals surface area contributed by atoms with Crippen molar-refractivity contribution in [1.29, 1.82) is 0 Å². The molecule has 0 aliphatic heterocycles. The predicted octanol–water partition coefficient (Wildman–Crippen LogP) is 4.73. The highest BCUT2D eigenvalue weighted by molar-refractivity contribution is 6.30. The van der Waals surface area contributed by atoms with Crippen molar-refractivity contribution in [1.82, 2.24) is 14.8 Å². The summed E-state index contributed by atoms with van der Waals surface area (Å²) < 4.78 is 7.45. The molecule has 0 aliphatic rings. The minimum Gasteiger partial charge on any atom is -0.441 e. The van der Waals surface area contributed by atoms with Gasteiger partial charge in [-0.15, -0.1) is 0 Å². The monoisotopic (exact) mass is 406 g/mol. The Labute approximate surface area is 173 Å². The second kappa shape index (κ2) is 8.32. The molecule has 2 heterocycles. The van der Waals surface area contributed by atoms with Gasteiger partial charge in [-0.1, -0.05) is 41.9 Å². The number of halogens is 1. The van der Waals surface area contributed by atoms with Gasteiger partial charge in [-0.2, -0.15) is 5.10 Å². The lowest BCUT2D eigenvalue weighted by molar-refractivity contribution is -0.115. The highest BCUT2D eigenvalue weighted by Crippen LogP contribution is 2.22. The van der Waals surface area contributed by atoms with Gasteiger partial charge in [0.15, 0.2) is 0 Å². The molecule has 1 amide bonds. The number of anilines is 1. The van der Waals surface area contributed by atoms with Gasteiger partial charge in [0.25, 0.3) is 0 Å². The lowest BCUT2D eigenvalue weighted by Crippen LogP contribution is -2.18. The molecule has 7 heteroatoms. The molecule has 0 atom stereocenters. The first-order valence-corrected chi connectivity index (χ1v) is 9.54. The Balaban J connectivity index is 1.45. The van der Waals surface area contributed by atoms with Crippen LogP contribution in [0, 0.1) is 6.92 Å². The number of hydrogen-bond acceptors (Lipinski definition) is 4. The third-order valence-electron chi connectivity index (χ3n) is 4.45. The zero-order valence-electron chi connectivity index (χ0n) is 15.8. The Kier molecular flexibility index (Phi) is 5.44. The quantitative estimate of drug-likeness (QED) is 0.502. The second-order valence-electron chi connectivity index (χ2n) is 6.62. The van der Waals surface area contributed by atoms with E-state index in [0.717, 1.165) is 11.1 Å². The van der Waals surface area contributed by atoms with Gasteiger partial charge in [0.1, 0.15) is 11.6 Å². The molecule has 0 saturated carbocycles. The largest absolute Gasteiger partial charge is 0.441 e. The molecule has 4 rings (SSSR count). The second-order valence-corrected chi connectivity index (χ2v) is 7.05. The van der Waals surface area contributed by atoms with Crippen LogP contribution in [0.3, 0.4) is 0 Å². The van der Waals surface area contributed by atoms with E-state index in [9.17, 15) is 4.79 Å². The Bertz CT molecular complexity index is 1130. The van der Waals surface area contributed by atoms with Crippen molar-refractivity contribution in [2.45, 2.75) is 19.9 Å². The Morgan fingerprint density at radius 2 is 1.97 bits per heavy atom. The SMILES string of the molecule is Cc1oc(-c2ccccc2)nc1CC(=O)Nc1ccnn1Cc1cccc(Cl)c1. The van der Waals surface area contributed by atoms with E-state index in [1.807, 2.05) is 61.5 Å². The summed E-state index contributed by atoms with van der Waals surface area (Å²) >= 11 is 6.05. The number of rotatable bonds is 6. The van der Waals surface area contributed by atoms with Crippen LogP contribution in [-0.2, 0) is 17.8 Å². The van der Waals surface area contributed by atoms with Crippen molar-refractivity contribution in [3.05, 3.63) is 88.9 Å². The average molecular weight is 407 g/mol. The van der Waals surface area contributed by atoms with Crippen LogP contribution in [0.5, 0.6) is 0 Å². The van der Waals surface area contributed by atoms with Gasteiger partial charge in [0.05, 0.1) is 24.9 Å². The molecule has 0 bridgehead atoms. The van der Waals surface area contributed by atoms with E-state index in [2.05, 4.69) is 15.4 Å². The highest BCUT2D eigenvalue weighted by Gasteiger charge is 2.16. The van der Waals surface area contributed by atoms with Gasteiger partial charge in [-0.3, -0.25) is 4.79 Å². The lowest BCUT2D eigenvalue weighted by Gasteiger charge is -2.09. The molecule has 0 saturated heterocycles. The molecular weight excluding hydrogens is 388 g/mol. The van der Waals surface area contributed by atoms with E-state index in [-0.39, 0.29) is 12.3 Å². The van der Waals surface area contributed by atoms with Crippen LogP contribution in [0.4, 0.5) is 5.82 Å². The number of amides is 1. The molecule has 6 nitrogen and oxygen atoms in total. The maximum atomic E-state index is 12.6. The van der Waals surface area contributed by atoms with Gasteiger partial charge in [0, 0.05) is 16.7 Å². The molecule has 29 heavy (non-hydrogen) atoms. The Morgan fingerprint density at radius 1 is 1.14 bits per heavy atom. The molecule has 0 aliphatic carbocycles. The van der Waals surface area contributed by atoms with Crippen LogP contribution < -0.4 is 5.32 Å². The first-order valence-electron chi connectivity index (χ1n) is 9.16. The van der Waals surface area contributed by atoms with Crippen molar-refractivity contribution in [2.24, 2.45) is 0 Å². The number of aryl methyl sites for hydroxylation is 1. The fourth-order valence-electron chi connectivity index (χ4n) is 3.01. The summed E-state index contributed by atoms with van der Waals surface area (Å²) in [5.74, 6) is 1.57. The van der Waals surface area contributed by atoms with E-state index in [4.69, 9.17) is 16.0 Å². The molecule has 0 radical (unpaired) electrons. The average Bonchev–Trinajstić information content (AvgIpc) is 3.29. The fraction of sp³-hybridized carbons (Fsp3) is 0.136. The summed E-state index contributed by atoms with van der Waals surface area (Å²) in [4.78, 5) is 17.1. The van der Waals surface area contributed by atoms with E-state index in [0.29, 0.717) is 34.7 Å². The maximum absolute atomic E-state index is 12.6. The first kappa shape index (κ1) is 19.0. The van der Waals surface area contributed by atoms with Gasteiger partial charge in [-0.25, -0.2) is 9.67 Å². The van der Waals surface area contributed by atoms with Crippen LogP contribution in [-0.4, -0.2) is 20.7 Å². The topological polar surface area (TPSA) is 73.0 Å². The van der Waals surface area contributed by atoms with Crippen molar-refractivity contribution in [3.8, 4) is 11.5 Å². The third-order valence-corrected chi connectivity index (χ3v) is 4.68. The first-order chi connectivity index (χ1) is 14.1.